The fourth-order valence-corrected chi connectivity index (χ4v) is 4.96. The molecule has 0 unspecified atom stereocenters. The SMILES string of the molecule is CCNc1nc(-c2ccc(NC(=O)NCc3ccc(NC(=O)OC(C)(C)C)nc3)c(F)c2)ccc1C(=O)N(CC)N1CCCCC1. The molecule has 3 aromatic rings. The van der Waals surface area contributed by atoms with Crippen LogP contribution in [0.5, 0.6) is 0 Å². The van der Waals surface area contributed by atoms with E-state index >= 15 is 4.39 Å². The van der Waals surface area contributed by atoms with E-state index in [0.29, 0.717) is 47.1 Å². The summed E-state index contributed by atoms with van der Waals surface area (Å²) in [6.07, 6.45) is 4.16. The highest BCUT2D eigenvalue weighted by molar-refractivity contribution is 5.99. The minimum atomic E-state index is -0.638. The van der Waals surface area contributed by atoms with E-state index < -0.39 is 23.5 Å². The largest absolute Gasteiger partial charge is 0.444 e. The van der Waals surface area contributed by atoms with Crippen LogP contribution in [0, 0.1) is 5.82 Å². The highest BCUT2D eigenvalue weighted by Crippen LogP contribution is 2.27. The van der Waals surface area contributed by atoms with Crippen LogP contribution in [0.3, 0.4) is 0 Å². The van der Waals surface area contributed by atoms with Gasteiger partial charge in [0.25, 0.3) is 5.91 Å². The van der Waals surface area contributed by atoms with Crippen LogP contribution < -0.4 is 21.3 Å². The third kappa shape index (κ3) is 9.36. The number of benzene rings is 1. The molecule has 1 aliphatic rings. The maximum atomic E-state index is 15.1. The molecule has 4 rings (SSSR count). The molecule has 1 fully saturated rings. The number of urea groups is 1. The molecule has 3 heterocycles. The van der Waals surface area contributed by atoms with Crippen molar-refractivity contribution in [3.05, 3.63) is 65.6 Å². The summed E-state index contributed by atoms with van der Waals surface area (Å²) in [6, 6.07) is 10.5. The van der Waals surface area contributed by atoms with Gasteiger partial charge in [0.15, 0.2) is 0 Å². The lowest BCUT2D eigenvalue weighted by Gasteiger charge is -2.37. The van der Waals surface area contributed by atoms with E-state index in [1.54, 1.807) is 56.1 Å². The smallest absolute Gasteiger partial charge is 0.413 e. The van der Waals surface area contributed by atoms with Crippen molar-refractivity contribution >= 4 is 35.4 Å². The zero-order chi connectivity index (χ0) is 33.3. The van der Waals surface area contributed by atoms with Gasteiger partial charge in [0.1, 0.15) is 23.1 Å². The van der Waals surface area contributed by atoms with Gasteiger partial charge in [0.2, 0.25) is 0 Å². The molecule has 12 nitrogen and oxygen atoms in total. The van der Waals surface area contributed by atoms with Crippen molar-refractivity contribution in [3.8, 4) is 11.3 Å². The molecular formula is C33H43FN8O4. The lowest BCUT2D eigenvalue weighted by Crippen LogP contribution is -2.48. The molecule has 0 atom stereocenters. The molecule has 1 saturated heterocycles. The summed E-state index contributed by atoms with van der Waals surface area (Å²) in [5.74, 6) is -0.0228. The van der Waals surface area contributed by atoms with Crippen molar-refractivity contribution in [2.45, 2.75) is 66.0 Å². The fourth-order valence-electron chi connectivity index (χ4n) is 4.96. The Morgan fingerprint density at radius 1 is 1.00 bits per heavy atom. The minimum absolute atomic E-state index is 0.00453. The summed E-state index contributed by atoms with van der Waals surface area (Å²) in [4.78, 5) is 46.8. The van der Waals surface area contributed by atoms with Crippen LogP contribution in [-0.2, 0) is 11.3 Å². The standard InChI is InChI=1S/C33H43FN8O4/c1-6-35-29-24(30(43)42(7-2)41-17-9-8-10-18-41)13-15-26(38-29)23-12-14-27(25(34)19-23)39-31(44)37-21-22-11-16-28(36-20-22)40-32(45)46-33(3,4)5/h11-16,19-20H,6-10,17-18,21H2,1-5H3,(H,35,38)(H,36,40,45)(H2,37,39,44). The number of ether oxygens (including phenoxy) is 1. The van der Waals surface area contributed by atoms with Crippen LogP contribution in [0.4, 0.5) is 31.3 Å². The predicted octanol–water partition coefficient (Wildman–Crippen LogP) is 6.25. The molecular weight excluding hydrogens is 591 g/mol. The maximum Gasteiger partial charge on any atom is 0.413 e. The molecule has 246 valence electrons. The van der Waals surface area contributed by atoms with Crippen LogP contribution in [0.2, 0.25) is 0 Å². The summed E-state index contributed by atoms with van der Waals surface area (Å²) >= 11 is 0. The lowest BCUT2D eigenvalue weighted by molar-refractivity contribution is -0.0181. The summed E-state index contributed by atoms with van der Waals surface area (Å²) in [6.45, 7) is 12.1. The Morgan fingerprint density at radius 2 is 1.76 bits per heavy atom. The topological polar surface area (TPSA) is 141 Å². The van der Waals surface area contributed by atoms with Crippen LogP contribution in [0.25, 0.3) is 11.3 Å². The number of hydrogen-bond donors (Lipinski definition) is 4. The molecule has 2 aromatic heterocycles. The monoisotopic (exact) mass is 634 g/mol. The fraction of sp³-hybridized carbons (Fsp3) is 0.424. The molecule has 1 aliphatic heterocycles. The van der Waals surface area contributed by atoms with E-state index in [9.17, 15) is 14.4 Å². The Hall–Kier alpha value is -4.78. The molecule has 0 radical (unpaired) electrons. The number of carbonyl (C=O) groups excluding carboxylic acids is 3. The maximum absolute atomic E-state index is 15.1. The molecule has 46 heavy (non-hydrogen) atoms. The van der Waals surface area contributed by atoms with E-state index in [1.165, 1.54) is 24.8 Å². The Kier molecular flexibility index (Phi) is 11.5. The van der Waals surface area contributed by atoms with Gasteiger partial charge in [0.05, 0.1) is 16.9 Å². The molecule has 1 aromatic carbocycles. The Balaban J connectivity index is 1.37. The molecule has 4 amide bonds. The average molecular weight is 635 g/mol. The second-order valence-corrected chi connectivity index (χ2v) is 11.8. The van der Waals surface area contributed by atoms with E-state index in [4.69, 9.17) is 4.74 Å². The number of nitrogens with zero attached hydrogens (tertiary/aromatic N) is 4. The van der Waals surface area contributed by atoms with Crippen molar-refractivity contribution in [3.63, 3.8) is 0 Å². The van der Waals surface area contributed by atoms with Crippen molar-refractivity contribution in [2.75, 3.05) is 42.1 Å². The highest BCUT2D eigenvalue weighted by Gasteiger charge is 2.26. The number of pyridine rings is 2. The lowest BCUT2D eigenvalue weighted by atomic mass is 10.1. The summed E-state index contributed by atoms with van der Waals surface area (Å²) in [5, 5.41) is 14.8. The molecule has 0 bridgehead atoms. The zero-order valence-corrected chi connectivity index (χ0v) is 27.1. The van der Waals surface area contributed by atoms with E-state index in [-0.39, 0.29) is 18.1 Å². The van der Waals surface area contributed by atoms with Gasteiger partial charge in [0, 0.05) is 44.5 Å². The first-order valence-electron chi connectivity index (χ1n) is 15.6. The van der Waals surface area contributed by atoms with Gasteiger partial charge in [-0.2, -0.15) is 0 Å². The highest BCUT2D eigenvalue weighted by atomic mass is 19.1. The third-order valence-corrected chi connectivity index (χ3v) is 7.10. The molecule has 13 heteroatoms. The number of hydrogen-bond acceptors (Lipinski definition) is 8. The van der Waals surface area contributed by atoms with Gasteiger partial charge in [-0.25, -0.2) is 29.0 Å². The second-order valence-electron chi connectivity index (χ2n) is 11.8. The van der Waals surface area contributed by atoms with Gasteiger partial charge in [-0.3, -0.25) is 15.1 Å². The Morgan fingerprint density at radius 3 is 2.39 bits per heavy atom. The number of anilines is 3. The van der Waals surface area contributed by atoms with Crippen molar-refractivity contribution < 1.29 is 23.5 Å². The summed E-state index contributed by atoms with van der Waals surface area (Å²) in [5.41, 5.74) is 1.47. The first-order chi connectivity index (χ1) is 22.0. The number of nitrogens with one attached hydrogen (secondary N) is 4. The quantitative estimate of drug-likeness (QED) is 0.205. The Bertz CT molecular complexity index is 1520. The minimum Gasteiger partial charge on any atom is -0.444 e. The number of rotatable bonds is 10. The van der Waals surface area contributed by atoms with E-state index in [2.05, 4.69) is 36.2 Å². The number of amides is 4. The van der Waals surface area contributed by atoms with E-state index in [0.717, 1.165) is 25.9 Å². The van der Waals surface area contributed by atoms with Crippen LogP contribution in [-0.4, -0.2) is 69.8 Å². The normalized spacial score (nSPS) is 13.4. The van der Waals surface area contributed by atoms with Gasteiger partial charge in [-0.05, 0) is 83.4 Å². The van der Waals surface area contributed by atoms with E-state index in [1.807, 2.05) is 13.8 Å². The van der Waals surface area contributed by atoms with Gasteiger partial charge in [-0.15, -0.1) is 0 Å². The zero-order valence-electron chi connectivity index (χ0n) is 27.1. The third-order valence-electron chi connectivity index (χ3n) is 7.10. The molecule has 0 spiro atoms. The number of piperidine rings is 1. The average Bonchev–Trinajstić information content (AvgIpc) is 3.02. The van der Waals surface area contributed by atoms with Crippen LogP contribution in [0.15, 0.2) is 48.7 Å². The summed E-state index contributed by atoms with van der Waals surface area (Å²) < 4.78 is 20.3. The van der Waals surface area contributed by atoms with Crippen molar-refractivity contribution in [1.82, 2.24) is 25.3 Å². The number of aromatic nitrogens is 2. The number of hydrazine groups is 1. The second kappa shape index (κ2) is 15.5. The number of halogens is 1. The first kappa shape index (κ1) is 34.1. The molecule has 0 saturated carbocycles. The summed E-state index contributed by atoms with van der Waals surface area (Å²) in [7, 11) is 0. The molecule has 4 N–H and O–H groups in total. The first-order valence-corrected chi connectivity index (χ1v) is 15.6. The predicted molar refractivity (Wildman–Crippen MR) is 176 cm³/mol. The van der Waals surface area contributed by atoms with Crippen LogP contribution in [0.1, 0.15) is 69.8 Å². The Labute approximate surface area is 269 Å². The van der Waals surface area contributed by atoms with Crippen molar-refractivity contribution in [1.29, 1.82) is 0 Å². The number of carbonyl (C=O) groups is 3. The van der Waals surface area contributed by atoms with Crippen LogP contribution >= 0.6 is 0 Å². The van der Waals surface area contributed by atoms with Crippen molar-refractivity contribution in [2.24, 2.45) is 0 Å². The van der Waals surface area contributed by atoms with Gasteiger partial charge in [-0.1, -0.05) is 18.6 Å². The molecule has 0 aliphatic carbocycles. The van der Waals surface area contributed by atoms with Gasteiger partial charge >= 0.3 is 12.1 Å². The van der Waals surface area contributed by atoms with Gasteiger partial charge < -0.3 is 20.7 Å².